The molecule has 0 radical (unpaired) electrons. The molecule has 1 aliphatic rings. The van der Waals surface area contributed by atoms with Gasteiger partial charge in [0.05, 0.1) is 13.2 Å². The molecule has 1 heterocycles. The third-order valence-electron chi connectivity index (χ3n) is 4.45. The maximum absolute atomic E-state index is 12.3. The number of carbonyl (C=O) groups excluding carboxylic acids is 2. The van der Waals surface area contributed by atoms with Crippen LogP contribution in [0.25, 0.3) is 0 Å². The highest BCUT2D eigenvalue weighted by molar-refractivity contribution is 5.97. The molecule has 1 atom stereocenters. The highest BCUT2D eigenvalue weighted by Crippen LogP contribution is 2.25. The van der Waals surface area contributed by atoms with Crippen LogP contribution < -0.4 is 20.3 Å². The molecule has 0 aliphatic carbocycles. The molecule has 136 valence electrons. The number of anilines is 2. The number of benzene rings is 2. The van der Waals surface area contributed by atoms with Gasteiger partial charge >= 0.3 is 6.03 Å². The fourth-order valence-corrected chi connectivity index (χ4v) is 3.01. The minimum absolute atomic E-state index is 0.0177. The van der Waals surface area contributed by atoms with Gasteiger partial charge in [0.1, 0.15) is 5.75 Å². The van der Waals surface area contributed by atoms with E-state index in [1.807, 2.05) is 48.5 Å². The predicted molar refractivity (Wildman–Crippen MR) is 102 cm³/mol. The molecule has 0 unspecified atom stereocenters. The lowest BCUT2D eigenvalue weighted by atomic mass is 10.1. The number of urea groups is 1. The number of hydrogen-bond donors (Lipinski definition) is 2. The Bertz CT molecular complexity index is 789. The number of methoxy groups -OCH3 is 1. The summed E-state index contributed by atoms with van der Waals surface area (Å²) in [6.45, 7) is 2.52. The Morgan fingerprint density at radius 3 is 2.69 bits per heavy atom. The summed E-state index contributed by atoms with van der Waals surface area (Å²) in [6.07, 6.45) is 1.23. The SMILES string of the molecule is CCc1ccc(NC(=O)N[C@H]2CC(=O)N(c3cccc(OC)c3)C2)cc1. The van der Waals surface area contributed by atoms with Crippen LogP contribution in [0, 0.1) is 0 Å². The van der Waals surface area contributed by atoms with E-state index < -0.39 is 0 Å². The Hall–Kier alpha value is -3.02. The standard InChI is InChI=1S/C20H23N3O3/c1-3-14-7-9-15(10-8-14)21-20(25)22-16-11-19(24)23(13-16)17-5-4-6-18(12-17)26-2/h4-10,12,16H,3,11,13H2,1-2H3,(H2,21,22,25)/t16-/m0/s1. The maximum Gasteiger partial charge on any atom is 0.319 e. The Morgan fingerprint density at radius 2 is 2.00 bits per heavy atom. The number of ether oxygens (including phenoxy) is 1. The molecule has 1 saturated heterocycles. The molecule has 0 aromatic heterocycles. The first kappa shape index (κ1) is 17.8. The molecular formula is C20H23N3O3. The number of nitrogens with zero attached hydrogens (tertiary/aromatic N) is 1. The van der Waals surface area contributed by atoms with Gasteiger partial charge in [-0.3, -0.25) is 4.79 Å². The van der Waals surface area contributed by atoms with Crippen LogP contribution in [0.4, 0.5) is 16.2 Å². The highest BCUT2D eigenvalue weighted by atomic mass is 16.5. The van der Waals surface area contributed by atoms with Gasteiger partial charge in [-0.2, -0.15) is 0 Å². The molecule has 0 saturated carbocycles. The van der Waals surface area contributed by atoms with Crippen LogP contribution in [0.2, 0.25) is 0 Å². The van der Waals surface area contributed by atoms with Crippen molar-refractivity contribution in [2.24, 2.45) is 0 Å². The summed E-state index contributed by atoms with van der Waals surface area (Å²) in [6, 6.07) is 14.5. The zero-order chi connectivity index (χ0) is 18.5. The van der Waals surface area contributed by atoms with Crippen molar-refractivity contribution < 1.29 is 14.3 Å². The summed E-state index contributed by atoms with van der Waals surface area (Å²) < 4.78 is 5.21. The molecule has 6 heteroatoms. The first-order chi connectivity index (χ1) is 12.6. The quantitative estimate of drug-likeness (QED) is 0.867. The summed E-state index contributed by atoms with van der Waals surface area (Å²) >= 11 is 0. The van der Waals surface area contributed by atoms with E-state index in [0.29, 0.717) is 12.3 Å². The number of aryl methyl sites for hydroxylation is 1. The van der Waals surface area contributed by atoms with Gasteiger partial charge in [0.2, 0.25) is 5.91 Å². The van der Waals surface area contributed by atoms with Gasteiger partial charge in [0.25, 0.3) is 0 Å². The highest BCUT2D eigenvalue weighted by Gasteiger charge is 2.31. The predicted octanol–water partition coefficient (Wildman–Crippen LogP) is 3.18. The van der Waals surface area contributed by atoms with E-state index in [-0.39, 0.29) is 24.4 Å². The smallest absolute Gasteiger partial charge is 0.319 e. The Kier molecular flexibility index (Phi) is 5.41. The third kappa shape index (κ3) is 4.14. The van der Waals surface area contributed by atoms with E-state index in [1.54, 1.807) is 12.0 Å². The molecule has 1 aliphatic heterocycles. The van der Waals surface area contributed by atoms with Crippen LogP contribution in [-0.2, 0) is 11.2 Å². The topological polar surface area (TPSA) is 70.7 Å². The van der Waals surface area contributed by atoms with E-state index >= 15 is 0 Å². The van der Waals surface area contributed by atoms with E-state index in [0.717, 1.165) is 17.8 Å². The van der Waals surface area contributed by atoms with Crippen molar-refractivity contribution in [3.63, 3.8) is 0 Å². The Labute approximate surface area is 153 Å². The summed E-state index contributed by atoms with van der Waals surface area (Å²) in [5.74, 6) is 0.677. The Balaban J connectivity index is 1.58. The lowest BCUT2D eigenvalue weighted by molar-refractivity contribution is -0.117. The lowest BCUT2D eigenvalue weighted by Crippen LogP contribution is -2.39. The summed E-state index contributed by atoms with van der Waals surface area (Å²) in [4.78, 5) is 26.2. The van der Waals surface area contributed by atoms with Crippen LogP contribution in [0.3, 0.4) is 0 Å². The van der Waals surface area contributed by atoms with Crippen LogP contribution in [0.5, 0.6) is 5.75 Å². The molecule has 2 N–H and O–H groups in total. The van der Waals surface area contributed by atoms with Crippen molar-refractivity contribution in [2.45, 2.75) is 25.8 Å². The first-order valence-corrected chi connectivity index (χ1v) is 8.70. The van der Waals surface area contributed by atoms with Gasteiger partial charge < -0.3 is 20.3 Å². The number of rotatable bonds is 5. The van der Waals surface area contributed by atoms with Crippen molar-refractivity contribution in [3.8, 4) is 5.75 Å². The second-order valence-electron chi connectivity index (χ2n) is 6.26. The minimum atomic E-state index is -0.306. The van der Waals surface area contributed by atoms with Gasteiger partial charge in [-0.1, -0.05) is 25.1 Å². The molecule has 0 bridgehead atoms. The van der Waals surface area contributed by atoms with E-state index in [2.05, 4.69) is 17.6 Å². The molecule has 2 aromatic rings. The second-order valence-corrected chi connectivity index (χ2v) is 6.26. The number of hydrogen-bond acceptors (Lipinski definition) is 3. The molecule has 26 heavy (non-hydrogen) atoms. The van der Waals surface area contributed by atoms with Crippen molar-refractivity contribution >= 4 is 23.3 Å². The van der Waals surface area contributed by atoms with Gasteiger partial charge in [0.15, 0.2) is 0 Å². The number of nitrogens with one attached hydrogen (secondary N) is 2. The van der Waals surface area contributed by atoms with E-state index in [9.17, 15) is 9.59 Å². The van der Waals surface area contributed by atoms with Gasteiger partial charge in [0, 0.05) is 30.4 Å². The average molecular weight is 353 g/mol. The molecule has 3 amide bonds. The minimum Gasteiger partial charge on any atom is -0.497 e. The molecule has 0 spiro atoms. The van der Waals surface area contributed by atoms with Crippen LogP contribution in [0.15, 0.2) is 48.5 Å². The second kappa shape index (κ2) is 7.91. The maximum atomic E-state index is 12.3. The van der Waals surface area contributed by atoms with Gasteiger partial charge in [-0.15, -0.1) is 0 Å². The summed E-state index contributed by atoms with van der Waals surface area (Å²) in [5.41, 5.74) is 2.72. The van der Waals surface area contributed by atoms with E-state index in [1.165, 1.54) is 5.56 Å². The Morgan fingerprint density at radius 1 is 1.23 bits per heavy atom. The fourth-order valence-electron chi connectivity index (χ4n) is 3.01. The van der Waals surface area contributed by atoms with Crippen molar-refractivity contribution in [1.82, 2.24) is 5.32 Å². The van der Waals surface area contributed by atoms with Crippen molar-refractivity contribution in [2.75, 3.05) is 23.9 Å². The zero-order valence-electron chi connectivity index (χ0n) is 15.0. The first-order valence-electron chi connectivity index (χ1n) is 8.70. The van der Waals surface area contributed by atoms with Crippen molar-refractivity contribution in [1.29, 1.82) is 0 Å². The largest absolute Gasteiger partial charge is 0.497 e. The van der Waals surface area contributed by atoms with Gasteiger partial charge in [-0.25, -0.2) is 4.79 Å². The van der Waals surface area contributed by atoms with Gasteiger partial charge in [-0.05, 0) is 36.2 Å². The fraction of sp³-hybridized carbons (Fsp3) is 0.300. The molecular weight excluding hydrogens is 330 g/mol. The van der Waals surface area contributed by atoms with Crippen LogP contribution >= 0.6 is 0 Å². The number of amides is 3. The zero-order valence-corrected chi connectivity index (χ0v) is 15.0. The number of carbonyl (C=O) groups is 2. The molecule has 3 rings (SSSR count). The normalized spacial score (nSPS) is 16.5. The molecule has 2 aromatic carbocycles. The molecule has 1 fully saturated rings. The van der Waals surface area contributed by atoms with E-state index in [4.69, 9.17) is 4.74 Å². The lowest BCUT2D eigenvalue weighted by Gasteiger charge is -2.18. The third-order valence-corrected chi connectivity index (χ3v) is 4.45. The average Bonchev–Trinajstić information content (AvgIpc) is 3.02. The summed E-state index contributed by atoms with van der Waals surface area (Å²) in [7, 11) is 1.59. The van der Waals surface area contributed by atoms with Crippen LogP contribution in [-0.4, -0.2) is 31.6 Å². The molecule has 6 nitrogen and oxygen atoms in total. The van der Waals surface area contributed by atoms with Crippen LogP contribution in [0.1, 0.15) is 18.9 Å². The summed E-state index contributed by atoms with van der Waals surface area (Å²) in [5, 5.41) is 5.68. The monoisotopic (exact) mass is 353 g/mol. The van der Waals surface area contributed by atoms with Crippen molar-refractivity contribution in [3.05, 3.63) is 54.1 Å².